The molecule has 0 aliphatic carbocycles. The van der Waals surface area contributed by atoms with Crippen molar-refractivity contribution in [2.24, 2.45) is 0 Å². The van der Waals surface area contributed by atoms with Crippen LogP contribution in [0.5, 0.6) is 17.4 Å². The van der Waals surface area contributed by atoms with Crippen molar-refractivity contribution in [2.45, 2.75) is 6.92 Å². The number of hydrogen-bond donors (Lipinski definition) is 0. The molecular formula is C14H14N2O3. The van der Waals surface area contributed by atoms with E-state index >= 15 is 0 Å². The lowest BCUT2D eigenvalue weighted by Gasteiger charge is -2.10. The Hall–Kier alpha value is -2.48. The molecule has 0 saturated heterocycles. The van der Waals surface area contributed by atoms with Crippen molar-refractivity contribution in [2.75, 3.05) is 20.8 Å². The van der Waals surface area contributed by atoms with Gasteiger partial charge in [-0.2, -0.15) is 5.26 Å². The first-order valence-electron chi connectivity index (χ1n) is 5.83. The third-order valence-corrected chi connectivity index (χ3v) is 2.69. The van der Waals surface area contributed by atoms with Gasteiger partial charge in [0.2, 0.25) is 5.88 Å². The molecule has 2 rings (SSSR count). The Morgan fingerprint density at radius 1 is 1.16 bits per heavy atom. The fourth-order valence-electron chi connectivity index (χ4n) is 1.81. The summed E-state index contributed by atoms with van der Waals surface area (Å²) in [5.41, 5.74) is 1.10. The summed E-state index contributed by atoms with van der Waals surface area (Å²) >= 11 is 0. The standard InChI is InChI=1S/C14H14N2O3/c1-4-19-14-10(8-15)5-9-6-12(17-2)13(18-3)7-11(9)16-14/h5-7H,4H2,1-3H3. The van der Waals surface area contributed by atoms with Crippen molar-refractivity contribution in [3.8, 4) is 23.4 Å². The molecule has 0 atom stereocenters. The van der Waals surface area contributed by atoms with Gasteiger partial charge in [-0.05, 0) is 19.1 Å². The summed E-state index contributed by atoms with van der Waals surface area (Å²) in [5, 5.41) is 9.91. The molecule has 0 amide bonds. The second kappa shape index (κ2) is 5.44. The van der Waals surface area contributed by atoms with E-state index in [0.717, 1.165) is 5.39 Å². The second-order valence-corrected chi connectivity index (χ2v) is 3.79. The summed E-state index contributed by atoms with van der Waals surface area (Å²) in [6.45, 7) is 2.31. The lowest BCUT2D eigenvalue weighted by atomic mass is 10.1. The number of rotatable bonds is 4. The minimum Gasteiger partial charge on any atom is -0.493 e. The van der Waals surface area contributed by atoms with E-state index < -0.39 is 0 Å². The summed E-state index contributed by atoms with van der Waals surface area (Å²) in [5.74, 6) is 1.53. The van der Waals surface area contributed by atoms with Gasteiger partial charge in [-0.3, -0.25) is 0 Å². The topological polar surface area (TPSA) is 64.4 Å². The molecule has 0 aliphatic heterocycles. The smallest absolute Gasteiger partial charge is 0.232 e. The Morgan fingerprint density at radius 2 is 1.84 bits per heavy atom. The average Bonchev–Trinajstić information content (AvgIpc) is 2.45. The maximum Gasteiger partial charge on any atom is 0.232 e. The Labute approximate surface area is 111 Å². The molecule has 0 aliphatic rings. The molecule has 0 unspecified atom stereocenters. The van der Waals surface area contributed by atoms with E-state index in [2.05, 4.69) is 11.1 Å². The molecule has 0 spiro atoms. The zero-order valence-corrected chi connectivity index (χ0v) is 11.1. The molecule has 98 valence electrons. The van der Waals surface area contributed by atoms with Gasteiger partial charge in [0, 0.05) is 11.5 Å². The van der Waals surface area contributed by atoms with Gasteiger partial charge in [0.1, 0.15) is 11.6 Å². The Morgan fingerprint density at radius 3 is 2.42 bits per heavy atom. The number of pyridine rings is 1. The van der Waals surface area contributed by atoms with Crippen LogP contribution in [0.15, 0.2) is 18.2 Å². The molecule has 5 heteroatoms. The number of fused-ring (bicyclic) bond motifs is 1. The van der Waals surface area contributed by atoms with Gasteiger partial charge in [-0.25, -0.2) is 4.98 Å². The Kier molecular flexibility index (Phi) is 3.71. The first kappa shape index (κ1) is 13.0. The highest BCUT2D eigenvalue weighted by atomic mass is 16.5. The van der Waals surface area contributed by atoms with Crippen molar-refractivity contribution in [1.82, 2.24) is 4.98 Å². The number of ether oxygens (including phenoxy) is 3. The van der Waals surface area contributed by atoms with Crippen molar-refractivity contribution in [3.05, 3.63) is 23.8 Å². The quantitative estimate of drug-likeness (QED) is 0.843. The maximum absolute atomic E-state index is 9.11. The number of methoxy groups -OCH3 is 2. The van der Waals surface area contributed by atoms with E-state index in [0.29, 0.717) is 35.1 Å². The van der Waals surface area contributed by atoms with Gasteiger partial charge in [-0.15, -0.1) is 0 Å². The monoisotopic (exact) mass is 258 g/mol. The summed E-state index contributed by atoms with van der Waals surface area (Å²) in [6, 6.07) is 7.36. The second-order valence-electron chi connectivity index (χ2n) is 3.79. The molecule has 19 heavy (non-hydrogen) atoms. The van der Waals surface area contributed by atoms with Gasteiger partial charge in [0.05, 0.1) is 26.3 Å². The van der Waals surface area contributed by atoms with Crippen LogP contribution in [0, 0.1) is 11.3 Å². The van der Waals surface area contributed by atoms with E-state index in [4.69, 9.17) is 19.5 Å². The molecule has 1 aromatic heterocycles. The highest BCUT2D eigenvalue weighted by Gasteiger charge is 2.11. The maximum atomic E-state index is 9.11. The Balaban J connectivity index is 2.68. The fourth-order valence-corrected chi connectivity index (χ4v) is 1.81. The van der Waals surface area contributed by atoms with Crippen LogP contribution in [-0.2, 0) is 0 Å². The fraction of sp³-hybridized carbons (Fsp3) is 0.286. The predicted molar refractivity (Wildman–Crippen MR) is 70.7 cm³/mol. The molecule has 0 saturated carbocycles. The van der Waals surface area contributed by atoms with E-state index in [1.165, 1.54) is 0 Å². The third kappa shape index (κ3) is 2.38. The molecule has 1 heterocycles. The first-order chi connectivity index (χ1) is 9.23. The van der Waals surface area contributed by atoms with E-state index in [9.17, 15) is 0 Å². The Bertz CT molecular complexity index is 647. The minimum absolute atomic E-state index is 0.338. The van der Waals surface area contributed by atoms with Gasteiger partial charge >= 0.3 is 0 Å². The highest BCUT2D eigenvalue weighted by molar-refractivity contribution is 5.84. The van der Waals surface area contributed by atoms with Gasteiger partial charge in [0.25, 0.3) is 0 Å². The first-order valence-corrected chi connectivity index (χ1v) is 5.83. The molecule has 0 fully saturated rings. The van der Waals surface area contributed by atoms with Crippen LogP contribution in [-0.4, -0.2) is 25.8 Å². The molecule has 0 radical (unpaired) electrons. The van der Waals surface area contributed by atoms with Crippen molar-refractivity contribution in [3.63, 3.8) is 0 Å². The number of hydrogen-bond acceptors (Lipinski definition) is 5. The van der Waals surface area contributed by atoms with Gasteiger partial charge in [0.15, 0.2) is 11.5 Å². The van der Waals surface area contributed by atoms with Crippen molar-refractivity contribution < 1.29 is 14.2 Å². The molecule has 2 aromatic rings. The zero-order valence-electron chi connectivity index (χ0n) is 11.1. The van der Waals surface area contributed by atoms with Crippen LogP contribution in [0.2, 0.25) is 0 Å². The van der Waals surface area contributed by atoms with Crippen molar-refractivity contribution in [1.29, 1.82) is 5.26 Å². The van der Waals surface area contributed by atoms with Gasteiger partial charge in [-0.1, -0.05) is 0 Å². The van der Waals surface area contributed by atoms with Crippen LogP contribution < -0.4 is 14.2 Å². The normalized spacial score (nSPS) is 10.0. The molecule has 5 nitrogen and oxygen atoms in total. The lowest BCUT2D eigenvalue weighted by molar-refractivity contribution is 0.327. The molecule has 0 N–H and O–H groups in total. The summed E-state index contributed by atoms with van der Waals surface area (Å²) in [7, 11) is 3.13. The van der Waals surface area contributed by atoms with Crippen LogP contribution in [0.3, 0.4) is 0 Å². The number of nitriles is 1. The van der Waals surface area contributed by atoms with E-state index in [1.807, 2.05) is 6.92 Å². The average molecular weight is 258 g/mol. The SMILES string of the molecule is CCOc1nc2cc(OC)c(OC)cc2cc1C#N. The van der Waals surface area contributed by atoms with Crippen LogP contribution in [0.25, 0.3) is 10.9 Å². The van der Waals surface area contributed by atoms with E-state index in [-0.39, 0.29) is 0 Å². The third-order valence-electron chi connectivity index (χ3n) is 2.69. The van der Waals surface area contributed by atoms with Crippen LogP contribution in [0.4, 0.5) is 0 Å². The largest absolute Gasteiger partial charge is 0.493 e. The molecular weight excluding hydrogens is 244 g/mol. The summed E-state index contributed by atoms with van der Waals surface area (Å²) in [4.78, 5) is 4.34. The number of nitrogens with zero attached hydrogens (tertiary/aromatic N) is 2. The van der Waals surface area contributed by atoms with Crippen LogP contribution >= 0.6 is 0 Å². The number of benzene rings is 1. The minimum atomic E-state index is 0.338. The number of aromatic nitrogens is 1. The summed E-state index contributed by atoms with van der Waals surface area (Å²) in [6.07, 6.45) is 0. The molecule has 0 bridgehead atoms. The van der Waals surface area contributed by atoms with Crippen LogP contribution in [0.1, 0.15) is 12.5 Å². The van der Waals surface area contributed by atoms with Gasteiger partial charge < -0.3 is 14.2 Å². The van der Waals surface area contributed by atoms with Crippen molar-refractivity contribution >= 4 is 10.9 Å². The molecule has 1 aromatic carbocycles. The lowest BCUT2D eigenvalue weighted by Crippen LogP contribution is -1.98. The summed E-state index contributed by atoms with van der Waals surface area (Å²) < 4.78 is 15.8. The highest BCUT2D eigenvalue weighted by Crippen LogP contribution is 2.33. The predicted octanol–water partition coefficient (Wildman–Crippen LogP) is 2.52. The van der Waals surface area contributed by atoms with E-state index in [1.54, 1.807) is 32.4 Å². The zero-order chi connectivity index (χ0) is 13.8.